The van der Waals surface area contributed by atoms with E-state index in [4.69, 9.17) is 0 Å². The van der Waals surface area contributed by atoms with E-state index in [1.165, 1.54) is 28.2 Å². The van der Waals surface area contributed by atoms with Gasteiger partial charge in [-0.2, -0.15) is 0 Å². The first-order valence-electron chi connectivity index (χ1n) is 9.16. The lowest BCUT2D eigenvalue weighted by atomic mass is 10.1. The van der Waals surface area contributed by atoms with E-state index in [1.54, 1.807) is 0 Å². The molecule has 3 aromatic rings. The maximum Gasteiger partial charge on any atom is 0.266 e. The topological polar surface area (TPSA) is 37.9 Å². The fraction of sp³-hybridized carbons (Fsp3) is 0.273. The molecule has 0 saturated carbocycles. The molecule has 0 fully saturated rings. The second-order valence-corrected chi connectivity index (χ2v) is 7.03. The Morgan fingerprint density at radius 2 is 1.92 bits per heavy atom. The molecule has 132 valence electrons. The Morgan fingerprint density at radius 1 is 1.12 bits per heavy atom. The monoisotopic (exact) mass is 346 g/mol. The zero-order chi connectivity index (χ0) is 18.1. The van der Waals surface area contributed by atoms with E-state index in [0.29, 0.717) is 6.54 Å². The van der Waals surface area contributed by atoms with Crippen LogP contribution in [0.3, 0.4) is 0 Å². The summed E-state index contributed by atoms with van der Waals surface area (Å²) in [5, 5.41) is 3.03. The van der Waals surface area contributed by atoms with Crippen LogP contribution in [0.15, 0.2) is 54.7 Å². The molecule has 0 unspecified atom stereocenters. The molecule has 0 bridgehead atoms. The number of nitrogens with one attached hydrogen (secondary N) is 1. The smallest absolute Gasteiger partial charge is 0.266 e. The third-order valence-corrected chi connectivity index (χ3v) is 5.17. The highest BCUT2D eigenvalue weighted by molar-refractivity contribution is 5.89. The Balaban J connectivity index is 1.57. The molecule has 4 heteroatoms. The predicted octanol–water partition coefficient (Wildman–Crippen LogP) is 3.64. The zero-order valence-corrected chi connectivity index (χ0v) is 15.3. The minimum Gasteiger partial charge on any atom is -0.323 e. The SMILES string of the molecule is Cc1ccc(NC(=O)C[n+]2cc(-c3ccccc3)n3c2CCC3)cc1C. The number of hydrogen-bond acceptors (Lipinski definition) is 1. The van der Waals surface area contributed by atoms with Gasteiger partial charge in [-0.05, 0) is 43.5 Å². The Hall–Kier alpha value is -2.88. The minimum absolute atomic E-state index is 0.0122. The molecule has 1 aliphatic heterocycles. The van der Waals surface area contributed by atoms with Crippen molar-refractivity contribution in [3.8, 4) is 11.3 Å². The quantitative estimate of drug-likeness (QED) is 0.720. The van der Waals surface area contributed by atoms with Gasteiger partial charge in [-0.1, -0.05) is 36.4 Å². The third-order valence-electron chi connectivity index (χ3n) is 5.17. The highest BCUT2D eigenvalue weighted by Gasteiger charge is 2.29. The number of benzene rings is 2. The van der Waals surface area contributed by atoms with Crippen molar-refractivity contribution in [1.82, 2.24) is 4.57 Å². The van der Waals surface area contributed by atoms with Gasteiger partial charge >= 0.3 is 0 Å². The maximum absolute atomic E-state index is 12.6. The lowest BCUT2D eigenvalue weighted by molar-refractivity contribution is -0.690. The molecule has 0 spiro atoms. The van der Waals surface area contributed by atoms with Crippen LogP contribution in [-0.4, -0.2) is 10.5 Å². The van der Waals surface area contributed by atoms with Gasteiger partial charge in [0.25, 0.3) is 11.7 Å². The average molecular weight is 346 g/mol. The molecule has 1 aliphatic rings. The number of carbonyl (C=O) groups excluding carboxylic acids is 1. The number of fused-ring (bicyclic) bond motifs is 1. The molecule has 2 aromatic carbocycles. The number of rotatable bonds is 4. The summed E-state index contributed by atoms with van der Waals surface area (Å²) in [6.07, 6.45) is 4.27. The van der Waals surface area contributed by atoms with Crippen LogP contribution in [0.4, 0.5) is 5.69 Å². The predicted molar refractivity (Wildman–Crippen MR) is 103 cm³/mol. The van der Waals surface area contributed by atoms with E-state index < -0.39 is 0 Å². The highest BCUT2D eigenvalue weighted by atomic mass is 16.1. The van der Waals surface area contributed by atoms with E-state index in [1.807, 2.05) is 24.3 Å². The fourth-order valence-corrected chi connectivity index (χ4v) is 3.66. The van der Waals surface area contributed by atoms with Gasteiger partial charge < -0.3 is 5.32 Å². The van der Waals surface area contributed by atoms with E-state index in [9.17, 15) is 4.79 Å². The van der Waals surface area contributed by atoms with Crippen molar-refractivity contribution in [2.75, 3.05) is 5.32 Å². The van der Waals surface area contributed by atoms with E-state index in [2.05, 4.69) is 58.8 Å². The molecular weight excluding hydrogens is 322 g/mol. The first kappa shape index (κ1) is 16.6. The van der Waals surface area contributed by atoms with Crippen molar-refractivity contribution in [3.05, 3.63) is 71.7 Å². The van der Waals surface area contributed by atoms with Crippen molar-refractivity contribution < 1.29 is 9.36 Å². The summed E-state index contributed by atoms with van der Waals surface area (Å²) < 4.78 is 4.45. The van der Waals surface area contributed by atoms with Crippen LogP contribution in [0.2, 0.25) is 0 Å². The first-order valence-corrected chi connectivity index (χ1v) is 9.16. The summed E-state index contributed by atoms with van der Waals surface area (Å²) in [5.41, 5.74) is 5.67. The number of imidazole rings is 1. The number of aryl methyl sites for hydroxylation is 2. The van der Waals surface area contributed by atoms with E-state index in [0.717, 1.165) is 25.1 Å². The third kappa shape index (κ3) is 3.15. The van der Waals surface area contributed by atoms with Gasteiger partial charge in [0.05, 0.1) is 13.0 Å². The van der Waals surface area contributed by atoms with Gasteiger partial charge in [-0.3, -0.25) is 4.79 Å². The van der Waals surface area contributed by atoms with Crippen LogP contribution in [-0.2, 0) is 24.3 Å². The van der Waals surface area contributed by atoms with Crippen molar-refractivity contribution in [2.45, 2.75) is 39.8 Å². The highest BCUT2D eigenvalue weighted by Crippen LogP contribution is 2.24. The molecule has 1 aromatic heterocycles. The minimum atomic E-state index is 0.0122. The number of amides is 1. The van der Waals surface area contributed by atoms with Gasteiger partial charge in [-0.15, -0.1) is 0 Å². The summed E-state index contributed by atoms with van der Waals surface area (Å²) in [7, 11) is 0. The van der Waals surface area contributed by atoms with Crippen LogP contribution >= 0.6 is 0 Å². The molecule has 26 heavy (non-hydrogen) atoms. The number of hydrogen-bond donors (Lipinski definition) is 1. The standard InChI is InChI=1S/C22H23N3O/c1-16-10-11-19(13-17(16)2)23-21(26)15-24-14-20(18-7-4-3-5-8-18)25-12-6-9-22(24)25/h3-5,7-8,10-11,13-14H,6,9,12,15H2,1-2H3/p+1. The second kappa shape index (κ2) is 6.79. The zero-order valence-electron chi connectivity index (χ0n) is 15.3. The average Bonchev–Trinajstić information content (AvgIpc) is 3.23. The van der Waals surface area contributed by atoms with Crippen molar-refractivity contribution in [2.24, 2.45) is 0 Å². The largest absolute Gasteiger partial charge is 0.323 e. The maximum atomic E-state index is 12.6. The van der Waals surface area contributed by atoms with Gasteiger partial charge in [0.1, 0.15) is 6.20 Å². The Morgan fingerprint density at radius 3 is 2.69 bits per heavy atom. The lowest BCUT2D eigenvalue weighted by Crippen LogP contribution is -2.42. The summed E-state index contributed by atoms with van der Waals surface area (Å²) in [6.45, 7) is 5.50. The lowest BCUT2D eigenvalue weighted by Gasteiger charge is -2.07. The van der Waals surface area contributed by atoms with Crippen LogP contribution < -0.4 is 9.88 Å². The summed E-state index contributed by atoms with van der Waals surface area (Å²) in [4.78, 5) is 12.6. The van der Waals surface area contributed by atoms with Crippen LogP contribution in [0.1, 0.15) is 23.4 Å². The molecule has 0 radical (unpaired) electrons. The summed E-state index contributed by atoms with van der Waals surface area (Å²) >= 11 is 0. The van der Waals surface area contributed by atoms with Gasteiger partial charge in [0, 0.05) is 11.3 Å². The Bertz CT molecular complexity index is 957. The molecule has 0 aliphatic carbocycles. The van der Waals surface area contributed by atoms with Crippen LogP contribution in [0, 0.1) is 13.8 Å². The van der Waals surface area contributed by atoms with Crippen LogP contribution in [0.25, 0.3) is 11.3 Å². The summed E-state index contributed by atoms with van der Waals surface area (Å²) in [6, 6.07) is 16.4. The van der Waals surface area contributed by atoms with E-state index in [-0.39, 0.29) is 5.91 Å². The molecule has 2 heterocycles. The summed E-state index contributed by atoms with van der Waals surface area (Å²) in [5.74, 6) is 1.25. The number of anilines is 1. The number of carbonyl (C=O) groups is 1. The van der Waals surface area contributed by atoms with Crippen LogP contribution in [0.5, 0.6) is 0 Å². The molecule has 0 saturated heterocycles. The number of aromatic nitrogens is 2. The fourth-order valence-electron chi connectivity index (χ4n) is 3.66. The van der Waals surface area contributed by atoms with Crippen molar-refractivity contribution >= 4 is 11.6 Å². The van der Waals surface area contributed by atoms with Gasteiger partial charge in [0.15, 0.2) is 12.2 Å². The van der Waals surface area contributed by atoms with Crippen molar-refractivity contribution in [1.29, 1.82) is 0 Å². The first-order chi connectivity index (χ1) is 12.6. The molecular formula is C22H24N3O+. The van der Waals surface area contributed by atoms with Gasteiger partial charge in [-0.25, -0.2) is 9.13 Å². The van der Waals surface area contributed by atoms with E-state index >= 15 is 0 Å². The Kier molecular flexibility index (Phi) is 4.33. The second-order valence-electron chi connectivity index (χ2n) is 7.03. The van der Waals surface area contributed by atoms with Crippen molar-refractivity contribution in [3.63, 3.8) is 0 Å². The molecule has 0 atom stereocenters. The number of nitrogens with zero attached hydrogens (tertiary/aromatic N) is 2. The molecule has 4 nitrogen and oxygen atoms in total. The van der Waals surface area contributed by atoms with Gasteiger partial charge in [0.2, 0.25) is 0 Å². The Labute approximate surface area is 154 Å². The molecule has 1 amide bonds. The normalized spacial score (nSPS) is 12.8. The molecule has 1 N–H and O–H groups in total. The molecule has 4 rings (SSSR count).